The van der Waals surface area contributed by atoms with Gasteiger partial charge in [0.1, 0.15) is 0 Å². The molecule has 0 aliphatic heterocycles. The van der Waals surface area contributed by atoms with Gasteiger partial charge >= 0.3 is 12.4 Å². The highest BCUT2D eigenvalue weighted by Gasteiger charge is 2.39. The van der Waals surface area contributed by atoms with Gasteiger partial charge in [-0.2, -0.15) is 26.3 Å². The first-order chi connectivity index (χ1) is 16.5. The van der Waals surface area contributed by atoms with Crippen molar-refractivity contribution >= 4 is 52.7 Å². The Kier molecular flexibility index (Phi) is 9.72. The van der Waals surface area contributed by atoms with Gasteiger partial charge in [0.25, 0.3) is 5.91 Å². The highest BCUT2D eigenvalue weighted by Crippen LogP contribution is 2.41. The van der Waals surface area contributed by atoms with Crippen LogP contribution in [0.5, 0.6) is 0 Å². The van der Waals surface area contributed by atoms with Crippen LogP contribution in [0.3, 0.4) is 0 Å². The molecule has 1 unspecified atom stereocenters. The molecule has 0 fully saturated rings. The smallest absolute Gasteiger partial charge is 0.273 e. The summed E-state index contributed by atoms with van der Waals surface area (Å²) >= 11 is 17.6. The molecule has 1 atom stereocenters. The second-order valence-corrected chi connectivity index (χ2v) is 8.95. The molecule has 0 radical (unpaired) electrons. The first-order valence-electron chi connectivity index (χ1n) is 10.1. The van der Waals surface area contributed by atoms with E-state index in [1.807, 2.05) is 0 Å². The van der Waals surface area contributed by atoms with Crippen LogP contribution < -0.4 is 5.43 Å². The summed E-state index contributed by atoms with van der Waals surface area (Å²) in [5.74, 6) is -3.77. The molecule has 0 saturated carbocycles. The average molecular weight is 576 g/mol. The molecule has 0 spiro atoms. The van der Waals surface area contributed by atoms with E-state index in [0.29, 0.717) is 16.1 Å². The Morgan fingerprint density at radius 2 is 1.61 bits per heavy atom. The summed E-state index contributed by atoms with van der Waals surface area (Å²) < 4.78 is 78.0. The predicted molar refractivity (Wildman–Crippen MR) is 126 cm³/mol. The van der Waals surface area contributed by atoms with Gasteiger partial charge in [0.05, 0.1) is 27.4 Å². The highest BCUT2D eigenvalue weighted by atomic mass is 35.5. The van der Waals surface area contributed by atoms with E-state index in [1.165, 1.54) is 31.2 Å². The van der Waals surface area contributed by atoms with Gasteiger partial charge in [-0.25, -0.2) is 0 Å². The normalized spacial score (nSPS) is 13.1. The first kappa shape index (κ1) is 29.8. The molecule has 196 valence electrons. The molecule has 2 aromatic carbocycles. The van der Waals surface area contributed by atoms with Crippen LogP contribution in [-0.4, -0.2) is 36.2 Å². The number of carbonyl (C=O) groups is 2. The molecule has 0 bridgehead atoms. The molecule has 36 heavy (non-hydrogen) atoms. The highest BCUT2D eigenvalue weighted by molar-refractivity contribution is 6.48. The van der Waals surface area contributed by atoms with Crippen LogP contribution in [0, 0.1) is 6.92 Å². The second-order valence-electron chi connectivity index (χ2n) is 7.76. The number of hydrogen-bond acceptors (Lipinski definition) is 2. The van der Waals surface area contributed by atoms with Gasteiger partial charge in [-0.1, -0.05) is 59.1 Å². The predicted octanol–water partition coefficient (Wildman–Crippen LogP) is 7.76. The Labute approximate surface area is 217 Å². The summed E-state index contributed by atoms with van der Waals surface area (Å²) in [6, 6.07) is 6.27. The SMILES string of the molecule is Cc1cc(C=CC(c2cc(Cl)c(Cl)c(Cl)c2)C(F)(F)F)ccc1C(=O)NN(C)C(=O)CCC(F)(F)F. The van der Waals surface area contributed by atoms with E-state index < -0.39 is 42.9 Å². The zero-order chi connectivity index (χ0) is 27.4. The summed E-state index contributed by atoms with van der Waals surface area (Å²) in [6.07, 6.45) is -9.26. The van der Waals surface area contributed by atoms with E-state index in [0.717, 1.165) is 25.3 Å². The van der Waals surface area contributed by atoms with E-state index in [1.54, 1.807) is 0 Å². The van der Waals surface area contributed by atoms with Gasteiger partial charge < -0.3 is 0 Å². The molecule has 2 amide bonds. The summed E-state index contributed by atoms with van der Waals surface area (Å²) in [5, 5.41) is 0.325. The third-order valence-corrected chi connectivity index (χ3v) is 6.16. The number of benzene rings is 2. The Balaban J connectivity index is 2.19. The number of hydrogen-bond donors (Lipinski definition) is 1. The van der Waals surface area contributed by atoms with Gasteiger partial charge in [0.15, 0.2) is 0 Å². The number of nitrogens with one attached hydrogen (secondary N) is 1. The summed E-state index contributed by atoms with van der Waals surface area (Å²) in [6.45, 7) is 1.51. The maximum absolute atomic E-state index is 13.7. The lowest BCUT2D eigenvalue weighted by Crippen LogP contribution is -2.43. The van der Waals surface area contributed by atoms with Crippen LogP contribution in [0.25, 0.3) is 6.08 Å². The molecule has 0 saturated heterocycles. The molecular formula is C23H19Cl3F6N2O2. The molecule has 2 rings (SSSR count). The fraction of sp³-hybridized carbons (Fsp3) is 0.304. The number of amides is 2. The van der Waals surface area contributed by atoms with Crippen molar-refractivity contribution in [3.63, 3.8) is 0 Å². The van der Waals surface area contributed by atoms with Gasteiger partial charge in [-0.3, -0.25) is 20.0 Å². The number of halogens is 9. The molecular weight excluding hydrogens is 557 g/mol. The summed E-state index contributed by atoms with van der Waals surface area (Å²) in [4.78, 5) is 24.2. The van der Waals surface area contributed by atoms with Crippen LogP contribution >= 0.6 is 34.8 Å². The van der Waals surface area contributed by atoms with Crippen molar-refractivity contribution in [2.45, 2.75) is 38.0 Å². The lowest BCUT2D eigenvalue weighted by atomic mass is 9.96. The quantitative estimate of drug-likeness (QED) is 0.217. The Hall–Kier alpha value is -2.43. The fourth-order valence-electron chi connectivity index (χ4n) is 3.11. The van der Waals surface area contributed by atoms with Crippen molar-refractivity contribution in [1.82, 2.24) is 10.4 Å². The first-order valence-corrected chi connectivity index (χ1v) is 11.3. The third-order valence-electron chi connectivity index (χ3n) is 4.96. The molecule has 0 aliphatic carbocycles. The van der Waals surface area contributed by atoms with E-state index in [9.17, 15) is 35.9 Å². The molecule has 1 N–H and O–H groups in total. The van der Waals surface area contributed by atoms with Crippen molar-refractivity contribution in [3.8, 4) is 0 Å². The Bertz CT molecular complexity index is 1140. The Morgan fingerprint density at radius 1 is 1.03 bits per heavy atom. The standard InChI is InChI=1S/C23H19Cl3F6N2O2/c1-12-9-13(3-5-15(12)21(36)33-34(2)19(35)7-8-22(27,28)29)4-6-16(23(30,31)32)14-10-17(24)20(26)18(25)11-14/h3-6,9-11,16H,7-8H2,1-2H3,(H,33,36). The maximum Gasteiger partial charge on any atom is 0.399 e. The van der Waals surface area contributed by atoms with Gasteiger partial charge in [-0.05, 0) is 41.8 Å². The zero-order valence-corrected chi connectivity index (χ0v) is 21.0. The average Bonchev–Trinajstić information content (AvgIpc) is 2.74. The van der Waals surface area contributed by atoms with E-state index >= 15 is 0 Å². The number of rotatable bonds is 6. The Morgan fingerprint density at radius 3 is 2.11 bits per heavy atom. The van der Waals surface area contributed by atoms with Crippen molar-refractivity contribution < 1.29 is 35.9 Å². The molecule has 0 aliphatic rings. The van der Waals surface area contributed by atoms with Crippen molar-refractivity contribution in [2.75, 3.05) is 7.05 Å². The number of allylic oxidation sites excluding steroid dienone is 1. The van der Waals surface area contributed by atoms with E-state index in [4.69, 9.17) is 34.8 Å². The number of carbonyl (C=O) groups excluding carboxylic acids is 2. The summed E-state index contributed by atoms with van der Waals surface area (Å²) in [5.41, 5.74) is 2.72. The summed E-state index contributed by atoms with van der Waals surface area (Å²) in [7, 11) is 1.11. The number of nitrogens with zero attached hydrogens (tertiary/aromatic N) is 1. The minimum Gasteiger partial charge on any atom is -0.273 e. The fourth-order valence-corrected chi connectivity index (χ4v) is 3.72. The van der Waals surface area contributed by atoms with Crippen LogP contribution in [0.2, 0.25) is 15.1 Å². The topological polar surface area (TPSA) is 49.4 Å². The molecule has 0 aromatic heterocycles. The van der Waals surface area contributed by atoms with Crippen LogP contribution in [-0.2, 0) is 4.79 Å². The van der Waals surface area contributed by atoms with Crippen LogP contribution in [0.4, 0.5) is 26.3 Å². The lowest BCUT2D eigenvalue weighted by molar-refractivity contribution is -0.149. The van der Waals surface area contributed by atoms with Crippen molar-refractivity contribution in [3.05, 3.63) is 73.7 Å². The molecule has 4 nitrogen and oxygen atoms in total. The van der Waals surface area contributed by atoms with Crippen molar-refractivity contribution in [2.24, 2.45) is 0 Å². The largest absolute Gasteiger partial charge is 0.399 e. The number of aryl methyl sites for hydroxylation is 1. The number of hydrazine groups is 1. The molecule has 2 aromatic rings. The van der Waals surface area contributed by atoms with Gasteiger partial charge in [0, 0.05) is 19.0 Å². The van der Waals surface area contributed by atoms with Crippen molar-refractivity contribution in [1.29, 1.82) is 0 Å². The van der Waals surface area contributed by atoms with Gasteiger partial charge in [-0.15, -0.1) is 0 Å². The lowest BCUT2D eigenvalue weighted by Gasteiger charge is -2.19. The monoisotopic (exact) mass is 574 g/mol. The third kappa shape index (κ3) is 8.31. The number of alkyl halides is 6. The van der Waals surface area contributed by atoms with Crippen LogP contribution in [0.15, 0.2) is 36.4 Å². The minimum atomic E-state index is -4.67. The van der Waals surface area contributed by atoms with Gasteiger partial charge in [0.2, 0.25) is 5.91 Å². The zero-order valence-electron chi connectivity index (χ0n) is 18.7. The van der Waals surface area contributed by atoms with E-state index in [2.05, 4.69) is 5.43 Å². The maximum atomic E-state index is 13.7. The minimum absolute atomic E-state index is 0.0656. The second kappa shape index (κ2) is 11.7. The van der Waals surface area contributed by atoms with Crippen LogP contribution in [0.1, 0.15) is 45.8 Å². The van der Waals surface area contributed by atoms with E-state index in [-0.39, 0.29) is 26.2 Å². The molecule has 0 heterocycles. The molecule has 13 heteroatoms.